The van der Waals surface area contributed by atoms with Gasteiger partial charge in [0.1, 0.15) is 6.10 Å². The van der Waals surface area contributed by atoms with Crippen LogP contribution in [0.15, 0.2) is 0 Å². The maximum atomic E-state index is 11.3. The lowest BCUT2D eigenvalue weighted by atomic mass is 10.1. The highest BCUT2D eigenvalue weighted by Gasteiger charge is 2.21. The molecule has 0 unspecified atom stereocenters. The number of piperidine rings is 1. The Labute approximate surface area is 72.3 Å². The summed E-state index contributed by atoms with van der Waals surface area (Å²) in [5, 5.41) is 9.16. The molecular weight excluding hydrogens is 156 g/mol. The fourth-order valence-electron chi connectivity index (χ4n) is 1.43. The molecular formula is C8H16N2O2. The van der Waals surface area contributed by atoms with Crippen LogP contribution in [0.25, 0.3) is 0 Å². The maximum Gasteiger partial charge on any atom is 0.252 e. The fourth-order valence-corrected chi connectivity index (χ4v) is 1.43. The van der Waals surface area contributed by atoms with E-state index in [1.807, 2.05) is 0 Å². The number of hydrogen-bond donors (Lipinski definition) is 2. The second kappa shape index (κ2) is 4.42. The van der Waals surface area contributed by atoms with Crippen molar-refractivity contribution in [2.45, 2.75) is 25.4 Å². The first-order chi connectivity index (χ1) is 5.75. The summed E-state index contributed by atoms with van der Waals surface area (Å²) in [5.74, 6) is -0.211. The number of aliphatic hydroxyl groups is 1. The van der Waals surface area contributed by atoms with E-state index in [2.05, 4.69) is 0 Å². The van der Waals surface area contributed by atoms with Crippen LogP contribution in [0, 0.1) is 0 Å². The monoisotopic (exact) mass is 172 g/mol. The Morgan fingerprint density at radius 1 is 1.42 bits per heavy atom. The van der Waals surface area contributed by atoms with Crippen LogP contribution in [0.1, 0.15) is 19.3 Å². The van der Waals surface area contributed by atoms with E-state index >= 15 is 0 Å². The molecule has 0 aromatic rings. The Morgan fingerprint density at radius 3 is 2.50 bits per heavy atom. The lowest BCUT2D eigenvalue weighted by molar-refractivity contribution is -0.140. The van der Waals surface area contributed by atoms with E-state index in [9.17, 15) is 4.79 Å². The van der Waals surface area contributed by atoms with Gasteiger partial charge in [0, 0.05) is 19.6 Å². The zero-order valence-corrected chi connectivity index (χ0v) is 7.20. The van der Waals surface area contributed by atoms with Gasteiger partial charge in [0.2, 0.25) is 0 Å². The average Bonchev–Trinajstić information content (AvgIpc) is 2.17. The van der Waals surface area contributed by atoms with Gasteiger partial charge in [-0.3, -0.25) is 4.79 Å². The zero-order valence-electron chi connectivity index (χ0n) is 7.20. The summed E-state index contributed by atoms with van der Waals surface area (Å²) in [6.45, 7) is 1.57. The summed E-state index contributed by atoms with van der Waals surface area (Å²) in [7, 11) is 0. The van der Waals surface area contributed by atoms with Crippen LogP contribution in [0.2, 0.25) is 0 Å². The van der Waals surface area contributed by atoms with Crippen molar-refractivity contribution in [3.63, 3.8) is 0 Å². The number of rotatable bonds is 2. The van der Waals surface area contributed by atoms with E-state index in [1.165, 1.54) is 6.42 Å². The van der Waals surface area contributed by atoms with Crippen molar-refractivity contribution in [2.24, 2.45) is 5.73 Å². The molecule has 70 valence electrons. The van der Waals surface area contributed by atoms with Crippen LogP contribution < -0.4 is 5.73 Å². The van der Waals surface area contributed by atoms with Crippen molar-refractivity contribution in [3.8, 4) is 0 Å². The summed E-state index contributed by atoms with van der Waals surface area (Å²) in [6, 6.07) is 0. The van der Waals surface area contributed by atoms with Gasteiger partial charge in [0.05, 0.1) is 0 Å². The topological polar surface area (TPSA) is 66.6 Å². The first-order valence-corrected chi connectivity index (χ1v) is 4.42. The number of nitrogens with zero attached hydrogens (tertiary/aromatic N) is 1. The summed E-state index contributed by atoms with van der Waals surface area (Å²) in [5.41, 5.74) is 5.18. The first-order valence-electron chi connectivity index (χ1n) is 4.42. The Hall–Kier alpha value is -0.610. The summed E-state index contributed by atoms with van der Waals surface area (Å²) in [6.07, 6.45) is 2.28. The molecule has 0 radical (unpaired) electrons. The van der Waals surface area contributed by atoms with Crippen LogP contribution in [0.4, 0.5) is 0 Å². The molecule has 0 spiro atoms. The summed E-state index contributed by atoms with van der Waals surface area (Å²) < 4.78 is 0. The second-order valence-corrected chi connectivity index (χ2v) is 3.14. The van der Waals surface area contributed by atoms with E-state index in [4.69, 9.17) is 10.8 Å². The number of aliphatic hydroxyl groups excluding tert-OH is 1. The third-order valence-electron chi connectivity index (χ3n) is 2.18. The molecule has 0 aromatic heterocycles. The predicted molar refractivity (Wildman–Crippen MR) is 45.5 cm³/mol. The quantitative estimate of drug-likeness (QED) is 0.580. The van der Waals surface area contributed by atoms with Crippen molar-refractivity contribution in [1.82, 2.24) is 4.90 Å². The lowest BCUT2D eigenvalue weighted by Gasteiger charge is -2.28. The first kappa shape index (κ1) is 9.48. The van der Waals surface area contributed by atoms with Crippen molar-refractivity contribution < 1.29 is 9.90 Å². The van der Waals surface area contributed by atoms with Crippen molar-refractivity contribution in [1.29, 1.82) is 0 Å². The van der Waals surface area contributed by atoms with Gasteiger partial charge in [-0.25, -0.2) is 0 Å². The average molecular weight is 172 g/mol. The van der Waals surface area contributed by atoms with Gasteiger partial charge in [-0.2, -0.15) is 0 Å². The molecule has 1 aliphatic rings. The minimum absolute atomic E-state index is 0.0231. The Kier molecular flexibility index (Phi) is 3.49. The van der Waals surface area contributed by atoms with Gasteiger partial charge in [0.15, 0.2) is 0 Å². The Morgan fingerprint density at radius 2 is 2.00 bits per heavy atom. The second-order valence-electron chi connectivity index (χ2n) is 3.14. The molecule has 4 nitrogen and oxygen atoms in total. The SMILES string of the molecule is NC[C@H](O)C(=O)N1CCCCC1. The molecule has 1 rings (SSSR count). The number of carbonyl (C=O) groups excluding carboxylic acids is 1. The molecule has 1 saturated heterocycles. The molecule has 0 saturated carbocycles. The van der Waals surface area contributed by atoms with Crippen LogP contribution in [0.3, 0.4) is 0 Å². The van der Waals surface area contributed by atoms with Crippen molar-refractivity contribution in [3.05, 3.63) is 0 Å². The minimum atomic E-state index is -0.997. The summed E-state index contributed by atoms with van der Waals surface area (Å²) >= 11 is 0. The zero-order chi connectivity index (χ0) is 8.97. The smallest absolute Gasteiger partial charge is 0.252 e. The Balaban J connectivity index is 2.39. The van der Waals surface area contributed by atoms with Crippen LogP contribution in [-0.4, -0.2) is 41.7 Å². The van der Waals surface area contributed by atoms with Gasteiger partial charge in [-0.1, -0.05) is 0 Å². The van der Waals surface area contributed by atoms with Gasteiger partial charge in [-0.15, -0.1) is 0 Å². The van der Waals surface area contributed by atoms with E-state index < -0.39 is 6.10 Å². The third-order valence-corrected chi connectivity index (χ3v) is 2.18. The number of hydrogen-bond acceptors (Lipinski definition) is 3. The molecule has 1 heterocycles. The highest BCUT2D eigenvalue weighted by atomic mass is 16.3. The fraction of sp³-hybridized carbons (Fsp3) is 0.875. The maximum absolute atomic E-state index is 11.3. The van der Waals surface area contributed by atoms with E-state index in [0.717, 1.165) is 25.9 Å². The molecule has 1 atom stereocenters. The number of likely N-dealkylation sites (tertiary alicyclic amines) is 1. The molecule has 12 heavy (non-hydrogen) atoms. The largest absolute Gasteiger partial charge is 0.382 e. The summed E-state index contributed by atoms with van der Waals surface area (Å²) in [4.78, 5) is 13.0. The van der Waals surface area contributed by atoms with Gasteiger partial charge < -0.3 is 15.7 Å². The van der Waals surface area contributed by atoms with Crippen LogP contribution in [-0.2, 0) is 4.79 Å². The van der Waals surface area contributed by atoms with E-state index in [1.54, 1.807) is 4.90 Å². The van der Waals surface area contributed by atoms with Crippen molar-refractivity contribution in [2.75, 3.05) is 19.6 Å². The van der Waals surface area contributed by atoms with E-state index in [-0.39, 0.29) is 12.5 Å². The number of carbonyl (C=O) groups is 1. The highest BCUT2D eigenvalue weighted by Crippen LogP contribution is 2.09. The predicted octanol–water partition coefficient (Wildman–Crippen LogP) is -0.682. The molecule has 1 aliphatic heterocycles. The Bertz CT molecular complexity index is 155. The lowest BCUT2D eigenvalue weighted by Crippen LogP contribution is -2.44. The van der Waals surface area contributed by atoms with Crippen LogP contribution >= 0.6 is 0 Å². The minimum Gasteiger partial charge on any atom is -0.382 e. The third kappa shape index (κ3) is 2.19. The van der Waals surface area contributed by atoms with Crippen LogP contribution in [0.5, 0.6) is 0 Å². The molecule has 1 amide bonds. The normalized spacial score (nSPS) is 20.7. The molecule has 3 N–H and O–H groups in total. The molecule has 0 aromatic carbocycles. The van der Waals surface area contributed by atoms with Gasteiger partial charge in [-0.05, 0) is 19.3 Å². The molecule has 1 fully saturated rings. The molecule has 0 bridgehead atoms. The van der Waals surface area contributed by atoms with Crippen molar-refractivity contribution >= 4 is 5.91 Å². The standard InChI is InChI=1S/C8H16N2O2/c9-6-7(11)8(12)10-4-2-1-3-5-10/h7,11H,1-6,9H2/t7-/m0/s1. The molecule has 4 heteroatoms. The molecule has 0 aliphatic carbocycles. The highest BCUT2D eigenvalue weighted by molar-refractivity contribution is 5.80. The van der Waals surface area contributed by atoms with E-state index in [0.29, 0.717) is 0 Å². The number of nitrogens with two attached hydrogens (primary N) is 1. The number of amides is 1. The van der Waals surface area contributed by atoms with Gasteiger partial charge >= 0.3 is 0 Å². The van der Waals surface area contributed by atoms with Gasteiger partial charge in [0.25, 0.3) is 5.91 Å².